The van der Waals surface area contributed by atoms with Gasteiger partial charge in [-0.15, -0.1) is 0 Å². The zero-order valence-electron chi connectivity index (χ0n) is 9.56. The Morgan fingerprint density at radius 3 is 2.62 bits per heavy atom. The van der Waals surface area contributed by atoms with Crippen LogP contribution in [0.15, 0.2) is 24.3 Å². The molecule has 0 unspecified atom stereocenters. The van der Waals surface area contributed by atoms with Gasteiger partial charge in [0, 0.05) is 13.7 Å². The average Bonchev–Trinajstić information content (AvgIpc) is 2.21. The lowest BCUT2D eigenvalue weighted by molar-refractivity contribution is 0.204. The first-order valence-electron chi connectivity index (χ1n) is 5.06. The molecule has 16 heavy (non-hydrogen) atoms. The Bertz CT molecular complexity index is 429. The maximum Gasteiger partial charge on any atom is 0.215 e. The summed E-state index contributed by atoms with van der Waals surface area (Å²) in [6.07, 6.45) is 0. The summed E-state index contributed by atoms with van der Waals surface area (Å²) in [5, 5.41) is 0. The van der Waals surface area contributed by atoms with Crippen molar-refractivity contribution in [2.75, 3.05) is 20.3 Å². The number of benzene rings is 1. The predicted octanol–water partition coefficient (Wildman–Crippen LogP) is 1.06. The number of nitrogens with one attached hydrogen (secondary N) is 1. The first kappa shape index (κ1) is 13.2. The molecule has 4 nitrogen and oxygen atoms in total. The molecule has 0 atom stereocenters. The van der Waals surface area contributed by atoms with Crippen LogP contribution in [0.5, 0.6) is 0 Å². The van der Waals surface area contributed by atoms with Crippen LogP contribution in [0.3, 0.4) is 0 Å². The minimum absolute atomic E-state index is 0.0172. The molecular weight excluding hydrogens is 226 g/mol. The van der Waals surface area contributed by atoms with Crippen molar-refractivity contribution in [2.24, 2.45) is 0 Å². The van der Waals surface area contributed by atoms with Crippen LogP contribution in [0.2, 0.25) is 0 Å². The van der Waals surface area contributed by atoms with E-state index in [1.165, 1.54) is 7.11 Å². The summed E-state index contributed by atoms with van der Waals surface area (Å²) >= 11 is 0. The van der Waals surface area contributed by atoms with Gasteiger partial charge in [-0.3, -0.25) is 0 Å². The monoisotopic (exact) mass is 243 g/mol. The fourth-order valence-electron chi connectivity index (χ4n) is 1.33. The minimum atomic E-state index is -3.26. The lowest BCUT2D eigenvalue weighted by Crippen LogP contribution is -2.28. The van der Waals surface area contributed by atoms with E-state index in [0.717, 1.165) is 11.1 Å². The van der Waals surface area contributed by atoms with E-state index < -0.39 is 10.0 Å². The van der Waals surface area contributed by atoms with Gasteiger partial charge in [-0.1, -0.05) is 24.3 Å². The van der Waals surface area contributed by atoms with Crippen LogP contribution in [0.25, 0.3) is 0 Å². The summed E-state index contributed by atoms with van der Waals surface area (Å²) < 4.78 is 30.6. The van der Waals surface area contributed by atoms with Gasteiger partial charge in [0.15, 0.2) is 0 Å². The molecule has 1 N–H and O–H groups in total. The third-order valence-electron chi connectivity index (χ3n) is 2.23. The molecule has 1 rings (SSSR count). The Kier molecular flexibility index (Phi) is 4.92. The van der Waals surface area contributed by atoms with Crippen LogP contribution in [-0.4, -0.2) is 28.7 Å². The highest BCUT2D eigenvalue weighted by molar-refractivity contribution is 7.88. The standard InChI is InChI=1S/C11H17NO3S/c1-10-5-3-4-6-11(10)9-16(13,14)12-7-8-15-2/h3-6,12H,7-9H2,1-2H3. The van der Waals surface area contributed by atoms with E-state index in [4.69, 9.17) is 4.74 Å². The molecule has 0 saturated heterocycles. The van der Waals surface area contributed by atoms with Gasteiger partial charge >= 0.3 is 0 Å². The molecule has 90 valence electrons. The maximum atomic E-state index is 11.7. The van der Waals surface area contributed by atoms with Gasteiger partial charge in [-0.25, -0.2) is 13.1 Å². The van der Waals surface area contributed by atoms with E-state index in [0.29, 0.717) is 13.2 Å². The second-order valence-corrected chi connectivity index (χ2v) is 5.38. The fraction of sp³-hybridized carbons (Fsp3) is 0.455. The van der Waals surface area contributed by atoms with Crippen LogP contribution >= 0.6 is 0 Å². The van der Waals surface area contributed by atoms with Gasteiger partial charge in [-0.05, 0) is 18.1 Å². The van der Waals surface area contributed by atoms with Gasteiger partial charge in [0.25, 0.3) is 0 Å². The van der Waals surface area contributed by atoms with E-state index in [2.05, 4.69) is 4.72 Å². The van der Waals surface area contributed by atoms with Crippen LogP contribution in [-0.2, 0) is 20.5 Å². The number of hydrogen-bond acceptors (Lipinski definition) is 3. The second-order valence-electron chi connectivity index (χ2n) is 3.57. The SMILES string of the molecule is COCCNS(=O)(=O)Cc1ccccc1C. The molecule has 1 aromatic carbocycles. The van der Waals surface area contributed by atoms with Crippen molar-refractivity contribution in [2.45, 2.75) is 12.7 Å². The van der Waals surface area contributed by atoms with E-state index in [-0.39, 0.29) is 5.75 Å². The number of methoxy groups -OCH3 is 1. The molecule has 0 saturated carbocycles. The maximum absolute atomic E-state index is 11.7. The Balaban J connectivity index is 2.63. The number of sulfonamides is 1. The van der Waals surface area contributed by atoms with E-state index in [9.17, 15) is 8.42 Å². The van der Waals surface area contributed by atoms with Crippen molar-refractivity contribution in [1.29, 1.82) is 0 Å². The number of aryl methyl sites for hydroxylation is 1. The van der Waals surface area contributed by atoms with Crippen molar-refractivity contribution < 1.29 is 13.2 Å². The molecule has 0 radical (unpaired) electrons. The molecule has 0 aliphatic heterocycles. The highest BCUT2D eigenvalue weighted by atomic mass is 32.2. The van der Waals surface area contributed by atoms with E-state index in [1.807, 2.05) is 31.2 Å². The fourth-order valence-corrected chi connectivity index (χ4v) is 2.56. The van der Waals surface area contributed by atoms with Gasteiger partial charge in [0.05, 0.1) is 12.4 Å². The van der Waals surface area contributed by atoms with Gasteiger partial charge in [0.1, 0.15) is 0 Å². The normalized spacial score (nSPS) is 11.6. The molecular formula is C11H17NO3S. The Morgan fingerprint density at radius 2 is 2.00 bits per heavy atom. The lowest BCUT2D eigenvalue weighted by Gasteiger charge is -2.08. The lowest BCUT2D eigenvalue weighted by atomic mass is 10.1. The summed E-state index contributed by atoms with van der Waals surface area (Å²) in [6, 6.07) is 7.46. The molecule has 5 heteroatoms. The van der Waals surface area contributed by atoms with Crippen LogP contribution in [0.1, 0.15) is 11.1 Å². The van der Waals surface area contributed by atoms with Crippen LogP contribution < -0.4 is 4.72 Å². The Hall–Kier alpha value is -0.910. The average molecular weight is 243 g/mol. The molecule has 0 aliphatic rings. The second kappa shape index (κ2) is 5.98. The smallest absolute Gasteiger partial charge is 0.215 e. The quantitative estimate of drug-likeness (QED) is 0.760. The summed E-state index contributed by atoms with van der Waals surface area (Å²) in [7, 11) is -1.72. The molecule has 1 aromatic rings. The molecule has 0 aromatic heterocycles. The van der Waals surface area contributed by atoms with Gasteiger partial charge < -0.3 is 4.74 Å². The Morgan fingerprint density at radius 1 is 1.31 bits per heavy atom. The molecule has 0 heterocycles. The third-order valence-corrected chi connectivity index (χ3v) is 3.57. The highest BCUT2D eigenvalue weighted by Crippen LogP contribution is 2.10. The molecule has 0 aliphatic carbocycles. The summed E-state index contributed by atoms with van der Waals surface area (Å²) in [4.78, 5) is 0. The molecule has 0 bridgehead atoms. The van der Waals surface area contributed by atoms with Crippen molar-refractivity contribution in [3.8, 4) is 0 Å². The summed E-state index contributed by atoms with van der Waals surface area (Å²) in [5.41, 5.74) is 1.81. The first-order valence-corrected chi connectivity index (χ1v) is 6.71. The van der Waals surface area contributed by atoms with Gasteiger partial charge in [0.2, 0.25) is 10.0 Å². The third kappa shape index (κ3) is 4.30. The summed E-state index contributed by atoms with van der Waals surface area (Å²) in [5.74, 6) is 0.0172. The van der Waals surface area contributed by atoms with Crippen molar-refractivity contribution in [3.63, 3.8) is 0 Å². The van der Waals surface area contributed by atoms with Crippen molar-refractivity contribution >= 4 is 10.0 Å². The number of ether oxygens (including phenoxy) is 1. The van der Waals surface area contributed by atoms with Crippen molar-refractivity contribution in [3.05, 3.63) is 35.4 Å². The van der Waals surface area contributed by atoms with E-state index >= 15 is 0 Å². The number of rotatable bonds is 6. The Labute approximate surface area is 96.7 Å². The minimum Gasteiger partial charge on any atom is -0.383 e. The number of hydrogen-bond donors (Lipinski definition) is 1. The zero-order chi connectivity index (χ0) is 12.0. The molecule has 0 fully saturated rings. The first-order chi connectivity index (χ1) is 7.55. The van der Waals surface area contributed by atoms with E-state index in [1.54, 1.807) is 0 Å². The van der Waals surface area contributed by atoms with Crippen LogP contribution in [0, 0.1) is 6.92 Å². The largest absolute Gasteiger partial charge is 0.383 e. The topological polar surface area (TPSA) is 55.4 Å². The predicted molar refractivity (Wildman–Crippen MR) is 63.7 cm³/mol. The van der Waals surface area contributed by atoms with Crippen LogP contribution in [0.4, 0.5) is 0 Å². The highest BCUT2D eigenvalue weighted by Gasteiger charge is 2.11. The molecule has 0 amide bonds. The molecule has 0 spiro atoms. The van der Waals surface area contributed by atoms with Gasteiger partial charge in [-0.2, -0.15) is 0 Å². The zero-order valence-corrected chi connectivity index (χ0v) is 10.4. The summed E-state index contributed by atoms with van der Waals surface area (Å²) in [6.45, 7) is 2.59. The van der Waals surface area contributed by atoms with Crippen molar-refractivity contribution in [1.82, 2.24) is 4.72 Å².